The molecule has 0 radical (unpaired) electrons. The van der Waals surface area contributed by atoms with Crippen LogP contribution in [0.15, 0.2) is 48.5 Å². The summed E-state index contributed by atoms with van der Waals surface area (Å²) in [6.07, 6.45) is 1.10. The molecule has 1 N–H and O–H groups in total. The monoisotopic (exact) mass is 267 g/mol. The Morgan fingerprint density at radius 1 is 0.800 bits per heavy atom. The summed E-state index contributed by atoms with van der Waals surface area (Å²) in [6, 6.07) is 18.0. The fraction of sp³-hybridized carbons (Fsp3) is 0.368. The highest BCUT2D eigenvalue weighted by atomic mass is 14.9. The number of rotatable bonds is 5. The van der Waals surface area contributed by atoms with Crippen LogP contribution in [0.25, 0.3) is 0 Å². The predicted octanol–water partition coefficient (Wildman–Crippen LogP) is 5.55. The molecule has 20 heavy (non-hydrogen) atoms. The maximum atomic E-state index is 3.56. The lowest BCUT2D eigenvalue weighted by molar-refractivity contribution is 0.862. The molecule has 0 amide bonds. The number of hydrogen-bond acceptors (Lipinski definition) is 1. The van der Waals surface area contributed by atoms with Gasteiger partial charge in [-0.3, -0.25) is 0 Å². The van der Waals surface area contributed by atoms with E-state index in [9.17, 15) is 0 Å². The Hall–Kier alpha value is -1.76. The zero-order chi connectivity index (χ0) is 14.5. The lowest BCUT2D eigenvalue weighted by Gasteiger charge is -2.17. The fourth-order valence-electron chi connectivity index (χ4n) is 2.34. The van der Waals surface area contributed by atoms with Crippen molar-refractivity contribution >= 4 is 5.69 Å². The Morgan fingerprint density at radius 3 is 1.85 bits per heavy atom. The van der Waals surface area contributed by atoms with E-state index in [1.807, 2.05) is 0 Å². The van der Waals surface area contributed by atoms with Crippen molar-refractivity contribution in [3.63, 3.8) is 0 Å². The molecule has 0 saturated heterocycles. The zero-order valence-electron chi connectivity index (χ0n) is 13.0. The smallest absolute Gasteiger partial charge is 0.0485 e. The van der Waals surface area contributed by atoms with Crippen LogP contribution in [0.5, 0.6) is 0 Å². The molecule has 0 fully saturated rings. The highest BCUT2D eigenvalue weighted by Gasteiger charge is 2.05. The van der Waals surface area contributed by atoms with Crippen LogP contribution in [0.2, 0.25) is 0 Å². The van der Waals surface area contributed by atoms with Gasteiger partial charge in [0.25, 0.3) is 0 Å². The third kappa shape index (κ3) is 3.63. The largest absolute Gasteiger partial charge is 0.379 e. The Kier molecular flexibility index (Phi) is 4.84. The second-order valence-electron chi connectivity index (χ2n) is 5.74. The van der Waals surface area contributed by atoms with Gasteiger partial charge in [0, 0.05) is 11.7 Å². The van der Waals surface area contributed by atoms with E-state index in [2.05, 4.69) is 81.5 Å². The Bertz CT molecular complexity index is 523. The summed E-state index contributed by atoms with van der Waals surface area (Å²) >= 11 is 0. The van der Waals surface area contributed by atoms with Crippen molar-refractivity contribution in [1.29, 1.82) is 0 Å². The lowest BCUT2D eigenvalue weighted by atomic mass is 10.0. The molecule has 0 spiro atoms. The predicted molar refractivity (Wildman–Crippen MR) is 88.4 cm³/mol. The first kappa shape index (κ1) is 14.6. The van der Waals surface area contributed by atoms with Gasteiger partial charge in [-0.1, -0.05) is 57.2 Å². The Morgan fingerprint density at radius 2 is 1.35 bits per heavy atom. The van der Waals surface area contributed by atoms with Crippen LogP contribution in [0.1, 0.15) is 56.3 Å². The van der Waals surface area contributed by atoms with Gasteiger partial charge in [-0.25, -0.2) is 0 Å². The Labute approximate surface area is 123 Å². The summed E-state index contributed by atoms with van der Waals surface area (Å²) in [6.45, 7) is 8.84. The van der Waals surface area contributed by atoms with Crippen molar-refractivity contribution in [2.45, 2.75) is 46.1 Å². The van der Waals surface area contributed by atoms with Gasteiger partial charge in [0.2, 0.25) is 0 Å². The van der Waals surface area contributed by atoms with Crippen molar-refractivity contribution in [2.75, 3.05) is 5.32 Å². The van der Waals surface area contributed by atoms with Crippen molar-refractivity contribution in [2.24, 2.45) is 0 Å². The maximum absolute atomic E-state index is 3.56. The van der Waals surface area contributed by atoms with Crippen LogP contribution in [0.4, 0.5) is 5.69 Å². The van der Waals surface area contributed by atoms with E-state index in [-0.39, 0.29) is 0 Å². The van der Waals surface area contributed by atoms with Crippen molar-refractivity contribution in [3.8, 4) is 0 Å². The van der Waals surface area contributed by atoms with E-state index in [0.717, 1.165) is 6.42 Å². The summed E-state index contributed by atoms with van der Waals surface area (Å²) in [5.74, 6) is 0.586. The number of anilines is 1. The van der Waals surface area contributed by atoms with E-state index in [1.165, 1.54) is 22.4 Å². The number of nitrogens with one attached hydrogen (secondary N) is 1. The van der Waals surface area contributed by atoms with Gasteiger partial charge in [0.1, 0.15) is 0 Å². The highest BCUT2D eigenvalue weighted by molar-refractivity contribution is 5.47. The molecule has 0 heterocycles. The molecule has 2 aromatic carbocycles. The Balaban J connectivity index is 2.04. The molecule has 0 aliphatic rings. The molecule has 2 rings (SSSR count). The normalized spacial score (nSPS) is 12.4. The second-order valence-corrected chi connectivity index (χ2v) is 5.74. The highest BCUT2D eigenvalue weighted by Crippen LogP contribution is 2.22. The first-order valence-corrected chi connectivity index (χ1v) is 7.55. The molecule has 1 heteroatoms. The molecule has 106 valence electrons. The summed E-state index contributed by atoms with van der Waals surface area (Å²) in [5.41, 5.74) is 5.29. The number of hydrogen-bond donors (Lipinski definition) is 1. The van der Waals surface area contributed by atoms with Gasteiger partial charge in [0.15, 0.2) is 0 Å². The summed E-state index contributed by atoms with van der Waals surface area (Å²) in [7, 11) is 0. The fourth-order valence-corrected chi connectivity index (χ4v) is 2.34. The quantitative estimate of drug-likeness (QED) is 0.749. The standard InChI is InChI=1S/C19H25N/c1-5-16-6-8-18(9-7-16)15(4)20-19-12-10-17(11-13-19)14(2)3/h6-15,20H,5H2,1-4H3. The van der Waals surface area contributed by atoms with Gasteiger partial charge in [-0.2, -0.15) is 0 Å². The van der Waals surface area contributed by atoms with Crippen LogP contribution in [0.3, 0.4) is 0 Å². The molecule has 0 aromatic heterocycles. The van der Waals surface area contributed by atoms with Gasteiger partial charge in [0.05, 0.1) is 0 Å². The molecule has 2 aromatic rings. The van der Waals surface area contributed by atoms with Crippen LogP contribution < -0.4 is 5.32 Å². The van der Waals surface area contributed by atoms with E-state index in [0.29, 0.717) is 12.0 Å². The molecule has 1 atom stereocenters. The van der Waals surface area contributed by atoms with E-state index < -0.39 is 0 Å². The molecule has 1 unspecified atom stereocenters. The van der Waals surface area contributed by atoms with Gasteiger partial charge < -0.3 is 5.32 Å². The minimum absolute atomic E-state index is 0.325. The van der Waals surface area contributed by atoms with Crippen molar-refractivity contribution < 1.29 is 0 Å². The third-order valence-electron chi connectivity index (χ3n) is 3.85. The first-order chi connectivity index (χ1) is 9.60. The van der Waals surface area contributed by atoms with E-state index >= 15 is 0 Å². The van der Waals surface area contributed by atoms with Crippen LogP contribution in [-0.2, 0) is 6.42 Å². The molecule has 0 aliphatic carbocycles. The average molecular weight is 267 g/mol. The van der Waals surface area contributed by atoms with Crippen molar-refractivity contribution in [1.82, 2.24) is 0 Å². The summed E-state index contributed by atoms with van der Waals surface area (Å²) in [4.78, 5) is 0. The first-order valence-electron chi connectivity index (χ1n) is 7.55. The van der Waals surface area contributed by atoms with Crippen LogP contribution in [0, 0.1) is 0 Å². The zero-order valence-corrected chi connectivity index (χ0v) is 13.0. The van der Waals surface area contributed by atoms with E-state index in [4.69, 9.17) is 0 Å². The van der Waals surface area contributed by atoms with Gasteiger partial charge in [-0.05, 0) is 48.1 Å². The van der Waals surface area contributed by atoms with Gasteiger partial charge >= 0.3 is 0 Å². The average Bonchev–Trinajstić information content (AvgIpc) is 2.48. The molecule has 0 aliphatic heterocycles. The number of benzene rings is 2. The molecule has 0 bridgehead atoms. The van der Waals surface area contributed by atoms with Gasteiger partial charge in [-0.15, -0.1) is 0 Å². The summed E-state index contributed by atoms with van der Waals surface area (Å²) < 4.78 is 0. The van der Waals surface area contributed by atoms with Crippen molar-refractivity contribution in [3.05, 3.63) is 65.2 Å². The topological polar surface area (TPSA) is 12.0 Å². The number of aryl methyl sites for hydroxylation is 1. The lowest BCUT2D eigenvalue weighted by Crippen LogP contribution is -2.06. The molecular weight excluding hydrogens is 242 g/mol. The van der Waals surface area contributed by atoms with E-state index in [1.54, 1.807) is 0 Å². The van der Waals surface area contributed by atoms with Crippen LogP contribution >= 0.6 is 0 Å². The molecular formula is C19H25N. The second kappa shape index (κ2) is 6.60. The molecule has 1 nitrogen and oxygen atoms in total. The maximum Gasteiger partial charge on any atom is 0.0485 e. The van der Waals surface area contributed by atoms with Crippen LogP contribution in [-0.4, -0.2) is 0 Å². The minimum atomic E-state index is 0.325. The minimum Gasteiger partial charge on any atom is -0.379 e. The SMILES string of the molecule is CCc1ccc(C(C)Nc2ccc(C(C)C)cc2)cc1. The third-order valence-corrected chi connectivity index (χ3v) is 3.85. The molecule has 0 saturated carbocycles. The summed E-state index contributed by atoms with van der Waals surface area (Å²) in [5, 5.41) is 3.56.